The van der Waals surface area contributed by atoms with Gasteiger partial charge in [-0.15, -0.1) is 0 Å². The van der Waals surface area contributed by atoms with Gasteiger partial charge in [0.1, 0.15) is 35.6 Å². The first-order valence-corrected chi connectivity index (χ1v) is 7.05. The van der Waals surface area contributed by atoms with Gasteiger partial charge in [-0.1, -0.05) is 0 Å². The maximum atomic E-state index is 10.8. The number of hydrogen-bond acceptors (Lipinski definition) is 6. The average molecular weight is 364 g/mol. The molecule has 0 fully saturated rings. The molecule has 0 aromatic heterocycles. The molecule has 0 N–H and O–H groups in total. The van der Waals surface area contributed by atoms with Gasteiger partial charge in [0, 0.05) is 21.7 Å². The van der Waals surface area contributed by atoms with Gasteiger partial charge in [0.05, 0.1) is 0 Å². The van der Waals surface area contributed by atoms with Gasteiger partial charge in [0.2, 0.25) is 0 Å². The maximum absolute atomic E-state index is 10.8. The van der Waals surface area contributed by atoms with Crippen LogP contribution in [-0.2, 0) is 50.4 Å². The molecule has 0 atom stereocenters. The SMILES string of the molecule is CC(=O)CC(=O)OC(C)(C)C.CC(=O)CC(=O)OC(C)(C)C.[Ti]. The summed E-state index contributed by atoms with van der Waals surface area (Å²) in [6, 6.07) is 0. The topological polar surface area (TPSA) is 86.7 Å². The number of carbonyl (C=O) groups excluding carboxylic acids is 4. The monoisotopic (exact) mass is 364 g/mol. The van der Waals surface area contributed by atoms with Crippen molar-refractivity contribution in [3.8, 4) is 0 Å². The van der Waals surface area contributed by atoms with Crippen molar-refractivity contribution in [3.05, 3.63) is 0 Å². The van der Waals surface area contributed by atoms with Crippen LogP contribution in [0.3, 0.4) is 0 Å². The van der Waals surface area contributed by atoms with Crippen LogP contribution in [0.2, 0.25) is 0 Å². The van der Waals surface area contributed by atoms with Crippen molar-refractivity contribution in [3.63, 3.8) is 0 Å². The van der Waals surface area contributed by atoms with E-state index in [2.05, 4.69) is 0 Å². The van der Waals surface area contributed by atoms with Gasteiger partial charge in [-0.2, -0.15) is 0 Å². The molecule has 0 bridgehead atoms. The summed E-state index contributed by atoms with van der Waals surface area (Å²) >= 11 is 0. The minimum atomic E-state index is -0.494. The number of Topliss-reactive ketones (excluding diaryl/α,β-unsaturated/α-hetero) is 2. The third kappa shape index (κ3) is 26.2. The second-order valence-corrected chi connectivity index (χ2v) is 6.93. The predicted molar refractivity (Wildman–Crippen MR) is 82.3 cm³/mol. The minimum absolute atomic E-state index is 0. The molecule has 0 rings (SSSR count). The molecule has 0 aromatic carbocycles. The van der Waals surface area contributed by atoms with E-state index in [0.29, 0.717) is 0 Å². The number of hydrogen-bond donors (Lipinski definition) is 0. The Morgan fingerprint density at radius 3 is 1.00 bits per heavy atom. The Kier molecular flexibility index (Phi) is 13.5. The van der Waals surface area contributed by atoms with Crippen LogP contribution in [-0.4, -0.2) is 34.7 Å². The van der Waals surface area contributed by atoms with Gasteiger partial charge in [-0.3, -0.25) is 19.2 Å². The van der Waals surface area contributed by atoms with E-state index in [0.717, 1.165) is 0 Å². The van der Waals surface area contributed by atoms with Crippen LogP contribution in [0.4, 0.5) is 0 Å². The van der Waals surface area contributed by atoms with Crippen molar-refractivity contribution in [2.45, 2.75) is 79.4 Å². The second-order valence-electron chi connectivity index (χ2n) is 6.93. The van der Waals surface area contributed by atoms with E-state index >= 15 is 0 Å². The Morgan fingerprint density at radius 2 is 0.870 bits per heavy atom. The zero-order valence-electron chi connectivity index (χ0n) is 15.4. The number of ketones is 2. The zero-order valence-corrected chi connectivity index (χ0v) is 16.9. The van der Waals surface area contributed by atoms with E-state index in [1.54, 1.807) is 41.5 Å². The van der Waals surface area contributed by atoms with Crippen LogP contribution in [0.5, 0.6) is 0 Å². The third-order valence-electron chi connectivity index (χ3n) is 1.63. The molecule has 0 aliphatic heterocycles. The summed E-state index contributed by atoms with van der Waals surface area (Å²) in [6.07, 6.45) is -0.255. The van der Waals surface area contributed by atoms with Crippen LogP contribution in [0, 0.1) is 0 Å². The van der Waals surface area contributed by atoms with Crippen LogP contribution in [0.15, 0.2) is 0 Å². The summed E-state index contributed by atoms with van der Waals surface area (Å²) in [5, 5.41) is 0. The normalized spacial score (nSPS) is 10.4. The first-order valence-electron chi connectivity index (χ1n) is 7.05. The van der Waals surface area contributed by atoms with E-state index in [-0.39, 0.29) is 46.1 Å². The van der Waals surface area contributed by atoms with E-state index in [4.69, 9.17) is 9.47 Å². The summed E-state index contributed by atoms with van der Waals surface area (Å²) < 4.78 is 9.78. The molecule has 0 amide bonds. The molecule has 0 aliphatic carbocycles. The number of rotatable bonds is 4. The first-order chi connectivity index (χ1) is 9.62. The molecule has 0 aliphatic rings. The minimum Gasteiger partial charge on any atom is -0.460 e. The molecule has 0 spiro atoms. The fourth-order valence-electron chi connectivity index (χ4n) is 1.16. The Balaban J connectivity index is -0.000000333. The fourth-order valence-corrected chi connectivity index (χ4v) is 1.16. The maximum Gasteiger partial charge on any atom is 0.313 e. The summed E-state index contributed by atoms with van der Waals surface area (Å²) in [5.74, 6) is -1.24. The molecule has 0 aromatic rings. The predicted octanol–water partition coefficient (Wildman–Crippen LogP) is 2.61. The van der Waals surface area contributed by atoms with Crippen LogP contribution < -0.4 is 0 Å². The molecule has 0 radical (unpaired) electrons. The summed E-state index contributed by atoms with van der Waals surface area (Å²) in [6.45, 7) is 13.3. The van der Waals surface area contributed by atoms with E-state index in [9.17, 15) is 19.2 Å². The van der Waals surface area contributed by atoms with Gasteiger partial charge in [-0.05, 0) is 55.4 Å². The third-order valence-corrected chi connectivity index (χ3v) is 1.63. The first kappa shape index (κ1) is 26.9. The number of carbonyl (C=O) groups is 4. The molecule has 132 valence electrons. The summed E-state index contributed by atoms with van der Waals surface area (Å²) in [5.41, 5.74) is -0.987. The van der Waals surface area contributed by atoms with Crippen molar-refractivity contribution in [2.75, 3.05) is 0 Å². The molecule has 6 nitrogen and oxygen atoms in total. The standard InChI is InChI=1S/2C8H14O3.Ti/c2*1-6(9)5-7(10)11-8(2,3)4;/h2*5H2,1-4H3;. The molecular weight excluding hydrogens is 336 g/mol. The second kappa shape index (κ2) is 11.5. The van der Waals surface area contributed by atoms with Crippen molar-refractivity contribution in [1.82, 2.24) is 0 Å². The van der Waals surface area contributed by atoms with Gasteiger partial charge in [-0.25, -0.2) is 0 Å². The van der Waals surface area contributed by atoms with E-state index < -0.39 is 23.1 Å². The molecule has 23 heavy (non-hydrogen) atoms. The Hall–Kier alpha value is -1.01. The Labute approximate surface area is 153 Å². The molecule has 0 saturated heterocycles. The molecule has 0 saturated carbocycles. The summed E-state index contributed by atoms with van der Waals surface area (Å²) in [7, 11) is 0. The number of esters is 2. The number of ether oxygens (including phenoxy) is 2. The Bertz CT molecular complexity index is 375. The fraction of sp³-hybridized carbons (Fsp3) is 0.750. The average Bonchev–Trinajstić information content (AvgIpc) is 2.07. The molecule has 0 unspecified atom stereocenters. The van der Waals surface area contributed by atoms with Crippen molar-refractivity contribution in [2.24, 2.45) is 0 Å². The van der Waals surface area contributed by atoms with Crippen LogP contribution in [0.25, 0.3) is 0 Å². The molecule has 7 heteroatoms. The van der Waals surface area contributed by atoms with Crippen molar-refractivity contribution >= 4 is 23.5 Å². The van der Waals surface area contributed by atoms with Crippen molar-refractivity contribution < 1.29 is 50.4 Å². The van der Waals surface area contributed by atoms with E-state index in [1.807, 2.05) is 0 Å². The van der Waals surface area contributed by atoms with Gasteiger partial charge in [0.15, 0.2) is 0 Å². The van der Waals surface area contributed by atoms with Crippen LogP contribution >= 0.6 is 0 Å². The smallest absolute Gasteiger partial charge is 0.313 e. The van der Waals surface area contributed by atoms with Gasteiger partial charge >= 0.3 is 11.9 Å². The zero-order chi connectivity index (χ0) is 18.1. The quantitative estimate of drug-likeness (QED) is 0.433. The van der Waals surface area contributed by atoms with Gasteiger partial charge in [0.25, 0.3) is 0 Å². The molecule has 0 heterocycles. The van der Waals surface area contributed by atoms with E-state index in [1.165, 1.54) is 13.8 Å². The summed E-state index contributed by atoms with van der Waals surface area (Å²) in [4.78, 5) is 42.5. The molecular formula is C16H28O6Ti. The van der Waals surface area contributed by atoms with Crippen LogP contribution in [0.1, 0.15) is 68.2 Å². The van der Waals surface area contributed by atoms with Crippen molar-refractivity contribution in [1.29, 1.82) is 0 Å². The largest absolute Gasteiger partial charge is 0.460 e. The van der Waals surface area contributed by atoms with Gasteiger partial charge < -0.3 is 9.47 Å². The Morgan fingerprint density at radius 1 is 0.652 bits per heavy atom.